The van der Waals surface area contributed by atoms with Gasteiger partial charge in [-0.2, -0.15) is 0 Å². The number of halogens is 2. The van der Waals surface area contributed by atoms with E-state index in [4.69, 9.17) is 17.4 Å². The minimum atomic E-state index is -0.306. The number of aryl methyl sites for hydroxylation is 1. The Hall–Kier alpha value is -1.42. The first-order chi connectivity index (χ1) is 9.20. The van der Waals surface area contributed by atoms with Crippen LogP contribution in [-0.4, -0.2) is 0 Å². The maximum atomic E-state index is 13.3. The SMILES string of the molecule is NNC(CCc1ccccc1)c1cc(F)ccc1Cl. The first kappa shape index (κ1) is 14.0. The molecule has 4 heteroatoms. The van der Waals surface area contributed by atoms with Gasteiger partial charge in [-0.3, -0.25) is 11.3 Å². The smallest absolute Gasteiger partial charge is 0.123 e. The van der Waals surface area contributed by atoms with E-state index in [9.17, 15) is 4.39 Å². The maximum Gasteiger partial charge on any atom is 0.123 e. The molecule has 0 amide bonds. The van der Waals surface area contributed by atoms with Crippen molar-refractivity contribution in [1.29, 1.82) is 0 Å². The summed E-state index contributed by atoms with van der Waals surface area (Å²) in [6, 6.07) is 14.2. The number of nitrogens with one attached hydrogen (secondary N) is 1. The summed E-state index contributed by atoms with van der Waals surface area (Å²) >= 11 is 6.09. The molecule has 2 aromatic carbocycles. The summed E-state index contributed by atoms with van der Waals surface area (Å²) in [7, 11) is 0. The normalized spacial score (nSPS) is 12.4. The van der Waals surface area contributed by atoms with Crippen LogP contribution < -0.4 is 11.3 Å². The molecule has 2 rings (SSSR count). The highest BCUT2D eigenvalue weighted by Gasteiger charge is 2.14. The molecule has 0 bridgehead atoms. The van der Waals surface area contributed by atoms with E-state index in [2.05, 4.69) is 17.6 Å². The van der Waals surface area contributed by atoms with Crippen LogP contribution in [0, 0.1) is 5.82 Å². The van der Waals surface area contributed by atoms with Gasteiger partial charge in [0, 0.05) is 11.1 Å². The van der Waals surface area contributed by atoms with E-state index < -0.39 is 0 Å². The lowest BCUT2D eigenvalue weighted by molar-refractivity contribution is 0.512. The monoisotopic (exact) mass is 278 g/mol. The highest BCUT2D eigenvalue weighted by molar-refractivity contribution is 6.31. The van der Waals surface area contributed by atoms with Crippen LogP contribution in [0.15, 0.2) is 48.5 Å². The zero-order valence-corrected chi connectivity index (χ0v) is 11.2. The molecular formula is C15H16ClFN2. The van der Waals surface area contributed by atoms with Crippen LogP contribution in [-0.2, 0) is 6.42 Å². The van der Waals surface area contributed by atoms with Crippen LogP contribution >= 0.6 is 11.6 Å². The van der Waals surface area contributed by atoms with Gasteiger partial charge in [-0.25, -0.2) is 4.39 Å². The Morgan fingerprint density at radius 2 is 1.89 bits per heavy atom. The number of hydrogen-bond donors (Lipinski definition) is 2. The quantitative estimate of drug-likeness (QED) is 0.648. The lowest BCUT2D eigenvalue weighted by Gasteiger charge is -2.17. The van der Waals surface area contributed by atoms with Gasteiger partial charge < -0.3 is 0 Å². The summed E-state index contributed by atoms with van der Waals surface area (Å²) in [6.45, 7) is 0. The predicted molar refractivity (Wildman–Crippen MR) is 76.2 cm³/mol. The minimum Gasteiger partial charge on any atom is -0.271 e. The second-order valence-corrected chi connectivity index (χ2v) is 4.82. The fourth-order valence-corrected chi connectivity index (χ4v) is 2.32. The van der Waals surface area contributed by atoms with Crippen molar-refractivity contribution in [2.75, 3.05) is 0 Å². The van der Waals surface area contributed by atoms with Crippen LogP contribution in [0.25, 0.3) is 0 Å². The lowest BCUT2D eigenvalue weighted by Crippen LogP contribution is -2.28. The molecular weight excluding hydrogens is 263 g/mol. The van der Waals surface area contributed by atoms with Gasteiger partial charge in [-0.05, 0) is 42.2 Å². The molecule has 0 aliphatic carbocycles. The van der Waals surface area contributed by atoms with E-state index in [0.29, 0.717) is 10.6 Å². The second-order valence-electron chi connectivity index (χ2n) is 4.41. The Morgan fingerprint density at radius 1 is 1.16 bits per heavy atom. The Kier molecular flexibility index (Phi) is 4.91. The molecule has 0 fully saturated rings. The van der Waals surface area contributed by atoms with Crippen molar-refractivity contribution >= 4 is 11.6 Å². The van der Waals surface area contributed by atoms with E-state index >= 15 is 0 Å². The van der Waals surface area contributed by atoms with Gasteiger partial charge in [-0.15, -0.1) is 0 Å². The summed E-state index contributed by atoms with van der Waals surface area (Å²) in [6.07, 6.45) is 1.60. The van der Waals surface area contributed by atoms with Crippen LogP contribution in [0.1, 0.15) is 23.6 Å². The molecule has 0 heterocycles. The summed E-state index contributed by atoms with van der Waals surface area (Å²) in [5.41, 5.74) is 4.62. The summed E-state index contributed by atoms with van der Waals surface area (Å²) in [5.74, 6) is 5.25. The van der Waals surface area contributed by atoms with Crippen molar-refractivity contribution in [3.8, 4) is 0 Å². The summed E-state index contributed by atoms with van der Waals surface area (Å²) in [4.78, 5) is 0. The molecule has 0 saturated carbocycles. The highest BCUT2D eigenvalue weighted by Crippen LogP contribution is 2.26. The molecule has 19 heavy (non-hydrogen) atoms. The molecule has 100 valence electrons. The van der Waals surface area contributed by atoms with Crippen LogP contribution in [0.4, 0.5) is 4.39 Å². The maximum absolute atomic E-state index is 13.3. The molecule has 1 atom stereocenters. The topological polar surface area (TPSA) is 38.0 Å². The van der Waals surface area contributed by atoms with Crippen LogP contribution in [0.2, 0.25) is 5.02 Å². The largest absolute Gasteiger partial charge is 0.271 e. The fraction of sp³-hybridized carbons (Fsp3) is 0.200. The van der Waals surface area contributed by atoms with Crippen LogP contribution in [0.3, 0.4) is 0 Å². The second kappa shape index (κ2) is 6.66. The van der Waals surface area contributed by atoms with E-state index in [1.54, 1.807) is 6.07 Å². The van der Waals surface area contributed by atoms with E-state index in [1.807, 2.05) is 18.2 Å². The lowest BCUT2D eigenvalue weighted by atomic mass is 9.99. The van der Waals surface area contributed by atoms with E-state index in [0.717, 1.165) is 12.8 Å². The fourth-order valence-electron chi connectivity index (χ4n) is 2.07. The van der Waals surface area contributed by atoms with Crippen molar-refractivity contribution in [3.63, 3.8) is 0 Å². The number of rotatable bonds is 5. The predicted octanol–water partition coefficient (Wildman–Crippen LogP) is 3.62. The van der Waals surface area contributed by atoms with Gasteiger partial charge >= 0.3 is 0 Å². The molecule has 0 aliphatic rings. The average Bonchev–Trinajstić information content (AvgIpc) is 2.44. The Bertz CT molecular complexity index is 531. The first-order valence-corrected chi connectivity index (χ1v) is 6.53. The van der Waals surface area contributed by atoms with Gasteiger partial charge in [-0.1, -0.05) is 41.9 Å². The Morgan fingerprint density at radius 3 is 2.58 bits per heavy atom. The third-order valence-electron chi connectivity index (χ3n) is 3.10. The van der Waals surface area contributed by atoms with Crippen molar-refractivity contribution < 1.29 is 4.39 Å². The molecule has 0 saturated heterocycles. The number of hydrazine groups is 1. The summed E-state index contributed by atoms with van der Waals surface area (Å²) < 4.78 is 13.3. The number of benzene rings is 2. The van der Waals surface area contributed by atoms with Crippen LogP contribution in [0.5, 0.6) is 0 Å². The highest BCUT2D eigenvalue weighted by atomic mass is 35.5. The minimum absolute atomic E-state index is 0.164. The molecule has 2 nitrogen and oxygen atoms in total. The molecule has 0 aromatic heterocycles. The van der Waals surface area contributed by atoms with Gasteiger partial charge in [0.15, 0.2) is 0 Å². The van der Waals surface area contributed by atoms with Crippen molar-refractivity contribution in [2.24, 2.45) is 5.84 Å². The average molecular weight is 279 g/mol. The molecule has 0 radical (unpaired) electrons. The van der Waals surface area contributed by atoms with Crippen molar-refractivity contribution in [3.05, 3.63) is 70.5 Å². The van der Waals surface area contributed by atoms with Gasteiger partial charge in [0.05, 0.1) is 0 Å². The van der Waals surface area contributed by atoms with Gasteiger partial charge in [0.25, 0.3) is 0 Å². The Labute approximate surface area is 117 Å². The zero-order chi connectivity index (χ0) is 13.7. The molecule has 2 aromatic rings. The molecule has 0 spiro atoms. The van der Waals surface area contributed by atoms with Gasteiger partial charge in [0.1, 0.15) is 5.82 Å². The standard InChI is InChI=1S/C15H16ClFN2/c16-14-8-7-12(17)10-13(14)15(19-18)9-6-11-4-2-1-3-5-11/h1-5,7-8,10,15,19H,6,9,18H2. The molecule has 1 unspecified atom stereocenters. The number of nitrogens with two attached hydrogens (primary N) is 1. The van der Waals surface area contributed by atoms with Gasteiger partial charge in [0.2, 0.25) is 0 Å². The van der Waals surface area contributed by atoms with E-state index in [1.165, 1.54) is 17.7 Å². The van der Waals surface area contributed by atoms with Crippen molar-refractivity contribution in [1.82, 2.24) is 5.43 Å². The number of hydrogen-bond acceptors (Lipinski definition) is 2. The van der Waals surface area contributed by atoms with E-state index in [-0.39, 0.29) is 11.9 Å². The summed E-state index contributed by atoms with van der Waals surface area (Å²) in [5, 5.41) is 0.525. The first-order valence-electron chi connectivity index (χ1n) is 6.15. The Balaban J connectivity index is 2.10. The zero-order valence-electron chi connectivity index (χ0n) is 10.4. The molecule has 0 aliphatic heterocycles. The third-order valence-corrected chi connectivity index (χ3v) is 3.44. The third kappa shape index (κ3) is 3.77. The molecule has 3 N–H and O–H groups in total. The van der Waals surface area contributed by atoms with Crippen molar-refractivity contribution in [2.45, 2.75) is 18.9 Å².